The number of nitrogens with two attached hydrogens (primary N) is 1. The first-order valence-electron chi connectivity index (χ1n) is 10.3. The Morgan fingerprint density at radius 3 is 2.10 bits per heavy atom. The second-order valence-corrected chi connectivity index (χ2v) is 10.1. The molecule has 3 N–H and O–H groups in total. The van der Waals surface area contributed by atoms with E-state index in [1.54, 1.807) is 4.90 Å². The number of anilines is 1. The molecule has 0 aromatic heterocycles. The molecule has 3 amide bonds. The minimum atomic E-state index is -3.76. The van der Waals surface area contributed by atoms with E-state index in [4.69, 9.17) is 5.14 Å². The number of primary sulfonamides is 1. The molecule has 0 aliphatic carbocycles. The van der Waals surface area contributed by atoms with Crippen LogP contribution >= 0.6 is 0 Å². The van der Waals surface area contributed by atoms with Crippen molar-refractivity contribution >= 4 is 27.6 Å². The second kappa shape index (κ2) is 9.32. The monoisotopic (exact) mass is 437 g/mol. The summed E-state index contributed by atoms with van der Waals surface area (Å²) in [6.07, 6.45) is 1.17. The number of urea groups is 1. The van der Waals surface area contributed by atoms with Gasteiger partial charge < -0.3 is 15.1 Å². The topological polar surface area (TPSA) is 116 Å². The Labute approximate surface area is 178 Å². The van der Waals surface area contributed by atoms with Crippen LogP contribution in [0.4, 0.5) is 10.5 Å². The number of nitrogens with zero attached hydrogens (tertiary/aromatic N) is 3. The van der Waals surface area contributed by atoms with Gasteiger partial charge in [-0.2, -0.15) is 0 Å². The summed E-state index contributed by atoms with van der Waals surface area (Å²) in [6, 6.07) is 5.48. The first-order chi connectivity index (χ1) is 14.1. The van der Waals surface area contributed by atoms with E-state index in [-0.39, 0.29) is 16.8 Å². The van der Waals surface area contributed by atoms with Crippen LogP contribution < -0.4 is 10.5 Å². The highest BCUT2D eigenvalue weighted by Crippen LogP contribution is 2.21. The summed E-state index contributed by atoms with van der Waals surface area (Å²) in [7, 11) is -3.76. The van der Waals surface area contributed by atoms with E-state index < -0.39 is 10.0 Å². The minimum absolute atomic E-state index is 0.00345. The standard InChI is InChI=1S/C20H31N5O4S/c1-15-11-16(2)13-25(12-15)19(26)14-23-7-9-24(10-8-23)20(27)22-17-3-5-18(6-4-17)30(21,28)29/h3-6,15-16H,7-14H2,1-2H3,(H,22,27)(H2,21,28,29). The van der Waals surface area contributed by atoms with E-state index in [0.29, 0.717) is 50.2 Å². The van der Waals surface area contributed by atoms with Gasteiger partial charge in [0.1, 0.15) is 0 Å². The molecule has 1 aromatic rings. The van der Waals surface area contributed by atoms with Crippen LogP contribution in [0.25, 0.3) is 0 Å². The fourth-order valence-electron chi connectivity index (χ4n) is 4.20. The number of hydrogen-bond donors (Lipinski definition) is 2. The molecule has 2 heterocycles. The molecule has 166 valence electrons. The lowest BCUT2D eigenvalue weighted by molar-refractivity contribution is -0.135. The van der Waals surface area contributed by atoms with E-state index in [1.807, 2.05) is 4.90 Å². The number of carbonyl (C=O) groups excluding carboxylic acids is 2. The zero-order valence-electron chi connectivity index (χ0n) is 17.6. The van der Waals surface area contributed by atoms with Gasteiger partial charge in [0.25, 0.3) is 0 Å². The summed E-state index contributed by atoms with van der Waals surface area (Å²) in [5.74, 6) is 1.25. The average Bonchev–Trinajstić information content (AvgIpc) is 2.67. The van der Waals surface area contributed by atoms with Gasteiger partial charge in [0.2, 0.25) is 15.9 Å². The van der Waals surface area contributed by atoms with Gasteiger partial charge in [0.15, 0.2) is 0 Å². The van der Waals surface area contributed by atoms with Crippen molar-refractivity contribution < 1.29 is 18.0 Å². The fraction of sp³-hybridized carbons (Fsp3) is 0.600. The SMILES string of the molecule is CC1CC(C)CN(C(=O)CN2CCN(C(=O)Nc3ccc(S(N)(=O)=O)cc3)CC2)C1. The Hall–Kier alpha value is -2.17. The van der Waals surface area contributed by atoms with Crippen LogP contribution in [-0.2, 0) is 14.8 Å². The number of nitrogens with one attached hydrogen (secondary N) is 1. The number of sulfonamides is 1. The summed E-state index contributed by atoms with van der Waals surface area (Å²) in [5.41, 5.74) is 0.498. The number of carbonyl (C=O) groups is 2. The molecule has 0 bridgehead atoms. The lowest BCUT2D eigenvalue weighted by Gasteiger charge is -2.38. The highest BCUT2D eigenvalue weighted by atomic mass is 32.2. The third-order valence-corrected chi connectivity index (χ3v) is 6.60. The van der Waals surface area contributed by atoms with Gasteiger partial charge in [0, 0.05) is 45.0 Å². The van der Waals surface area contributed by atoms with Crippen molar-refractivity contribution in [3.05, 3.63) is 24.3 Å². The smallest absolute Gasteiger partial charge is 0.321 e. The van der Waals surface area contributed by atoms with Crippen molar-refractivity contribution in [2.75, 3.05) is 51.1 Å². The Balaban J connectivity index is 1.45. The lowest BCUT2D eigenvalue weighted by atomic mass is 9.92. The van der Waals surface area contributed by atoms with Gasteiger partial charge in [-0.3, -0.25) is 9.69 Å². The molecule has 2 aliphatic rings. The van der Waals surface area contributed by atoms with Gasteiger partial charge in [0.05, 0.1) is 11.4 Å². The van der Waals surface area contributed by atoms with Crippen molar-refractivity contribution in [3.8, 4) is 0 Å². The van der Waals surface area contributed by atoms with Crippen LogP contribution in [-0.4, -0.2) is 80.9 Å². The highest BCUT2D eigenvalue weighted by molar-refractivity contribution is 7.89. The van der Waals surface area contributed by atoms with E-state index >= 15 is 0 Å². The first kappa shape index (κ1) is 22.5. The van der Waals surface area contributed by atoms with Crippen LogP contribution in [0, 0.1) is 11.8 Å². The van der Waals surface area contributed by atoms with E-state index in [2.05, 4.69) is 24.1 Å². The predicted molar refractivity (Wildman–Crippen MR) is 114 cm³/mol. The van der Waals surface area contributed by atoms with Gasteiger partial charge in [-0.05, 0) is 42.5 Å². The summed E-state index contributed by atoms with van der Waals surface area (Å²) < 4.78 is 22.6. The van der Waals surface area contributed by atoms with Gasteiger partial charge in [-0.25, -0.2) is 18.4 Å². The molecule has 2 saturated heterocycles. The van der Waals surface area contributed by atoms with Crippen LogP contribution in [0.5, 0.6) is 0 Å². The minimum Gasteiger partial charge on any atom is -0.341 e. The third-order valence-electron chi connectivity index (χ3n) is 5.67. The van der Waals surface area contributed by atoms with E-state index in [0.717, 1.165) is 13.1 Å². The molecular weight excluding hydrogens is 406 g/mol. The third kappa shape index (κ3) is 5.93. The largest absolute Gasteiger partial charge is 0.341 e. The summed E-state index contributed by atoms with van der Waals surface area (Å²) >= 11 is 0. The Bertz CT molecular complexity index is 856. The molecule has 1 aromatic carbocycles. The van der Waals surface area contributed by atoms with Crippen LogP contribution in [0.1, 0.15) is 20.3 Å². The zero-order valence-corrected chi connectivity index (χ0v) is 18.4. The first-order valence-corrected chi connectivity index (χ1v) is 11.9. The highest BCUT2D eigenvalue weighted by Gasteiger charge is 2.28. The number of rotatable bonds is 4. The van der Waals surface area contributed by atoms with Crippen molar-refractivity contribution in [2.24, 2.45) is 17.0 Å². The number of amides is 3. The maximum absolute atomic E-state index is 12.7. The van der Waals surface area contributed by atoms with Gasteiger partial charge in [-0.15, -0.1) is 0 Å². The van der Waals surface area contributed by atoms with Crippen molar-refractivity contribution in [1.82, 2.24) is 14.7 Å². The van der Waals surface area contributed by atoms with E-state index in [9.17, 15) is 18.0 Å². The molecule has 0 saturated carbocycles. The molecule has 10 heteroatoms. The summed E-state index contributed by atoms with van der Waals surface area (Å²) in [4.78, 5) is 30.9. The summed E-state index contributed by atoms with van der Waals surface area (Å²) in [5, 5.41) is 7.84. The molecule has 2 fully saturated rings. The molecule has 9 nitrogen and oxygen atoms in total. The Kier molecular flexibility index (Phi) is 6.99. The zero-order chi connectivity index (χ0) is 21.9. The van der Waals surface area contributed by atoms with Crippen molar-refractivity contribution in [1.29, 1.82) is 0 Å². The van der Waals surface area contributed by atoms with Crippen molar-refractivity contribution in [3.63, 3.8) is 0 Å². The number of piperazine rings is 1. The number of benzene rings is 1. The molecule has 30 heavy (non-hydrogen) atoms. The second-order valence-electron chi connectivity index (χ2n) is 8.51. The van der Waals surface area contributed by atoms with Crippen LogP contribution in [0.15, 0.2) is 29.2 Å². The van der Waals surface area contributed by atoms with Crippen LogP contribution in [0.3, 0.4) is 0 Å². The number of hydrogen-bond acceptors (Lipinski definition) is 5. The van der Waals surface area contributed by atoms with Crippen molar-refractivity contribution in [2.45, 2.75) is 25.2 Å². The fourth-order valence-corrected chi connectivity index (χ4v) is 4.71. The maximum atomic E-state index is 12.7. The predicted octanol–water partition coefficient (Wildman–Crippen LogP) is 0.988. The molecule has 2 unspecified atom stereocenters. The van der Waals surface area contributed by atoms with Gasteiger partial charge >= 0.3 is 6.03 Å². The van der Waals surface area contributed by atoms with E-state index in [1.165, 1.54) is 30.7 Å². The molecule has 2 aliphatic heterocycles. The number of piperidine rings is 1. The Morgan fingerprint density at radius 1 is 1.00 bits per heavy atom. The molecule has 0 radical (unpaired) electrons. The molecule has 2 atom stereocenters. The normalized spacial score (nSPS) is 23.3. The molecule has 3 rings (SSSR count). The molecule has 0 spiro atoms. The van der Waals surface area contributed by atoms with Gasteiger partial charge in [-0.1, -0.05) is 13.8 Å². The molecular formula is C20H31N5O4S. The quantitative estimate of drug-likeness (QED) is 0.729. The maximum Gasteiger partial charge on any atom is 0.321 e. The summed E-state index contributed by atoms with van der Waals surface area (Å²) in [6.45, 7) is 8.77. The van der Waals surface area contributed by atoms with Crippen LogP contribution in [0.2, 0.25) is 0 Å². The lowest BCUT2D eigenvalue weighted by Crippen LogP contribution is -2.53. The number of likely N-dealkylation sites (tertiary alicyclic amines) is 1. The Morgan fingerprint density at radius 2 is 1.57 bits per heavy atom. The average molecular weight is 438 g/mol.